The SMILES string of the molecule is CCSS.O=C(Br)Cc1cc2ccccc2s1. The first kappa shape index (κ1) is 15.1. The number of carbonyl (C=O) groups is 1. The van der Waals surface area contributed by atoms with Gasteiger partial charge in [0, 0.05) is 15.3 Å². The van der Waals surface area contributed by atoms with Crippen LogP contribution in [-0.2, 0) is 11.2 Å². The molecular weight excluding hydrogens is 336 g/mol. The van der Waals surface area contributed by atoms with Gasteiger partial charge in [-0.1, -0.05) is 35.9 Å². The number of rotatable bonds is 3. The van der Waals surface area contributed by atoms with Crippen LogP contribution in [0.5, 0.6) is 0 Å². The first-order chi connectivity index (χ1) is 8.17. The predicted molar refractivity (Wildman–Crippen MR) is 86.6 cm³/mol. The Kier molecular flexibility index (Phi) is 7.27. The molecular formula is C12H13BrOS3. The highest BCUT2D eigenvalue weighted by Crippen LogP contribution is 2.25. The van der Waals surface area contributed by atoms with Crippen molar-refractivity contribution >= 4 is 64.5 Å². The molecule has 0 N–H and O–H groups in total. The van der Waals surface area contributed by atoms with Crippen LogP contribution in [0, 0.1) is 0 Å². The monoisotopic (exact) mass is 348 g/mol. The molecule has 1 aromatic carbocycles. The summed E-state index contributed by atoms with van der Waals surface area (Å²) in [5.74, 6) is 1.10. The zero-order valence-electron chi connectivity index (χ0n) is 9.35. The third-order valence-corrected chi connectivity index (χ3v) is 4.35. The van der Waals surface area contributed by atoms with Crippen LogP contribution < -0.4 is 0 Å². The standard InChI is InChI=1S/C10H7BrOS.C2H6S2/c11-10(12)6-8-5-7-3-1-2-4-9(7)13-8;1-2-4-3/h1-5H,6H2;3H,2H2,1H3. The highest BCUT2D eigenvalue weighted by molar-refractivity contribution is 9.18. The first-order valence-corrected chi connectivity index (χ1v) is 8.74. The molecule has 0 amide bonds. The molecule has 2 rings (SSSR count). The van der Waals surface area contributed by atoms with Gasteiger partial charge in [-0.3, -0.25) is 4.79 Å². The van der Waals surface area contributed by atoms with Gasteiger partial charge in [0.05, 0.1) is 6.42 Å². The number of hydrogen-bond donors (Lipinski definition) is 1. The summed E-state index contributed by atoms with van der Waals surface area (Å²) in [6.45, 7) is 2.07. The van der Waals surface area contributed by atoms with Crippen molar-refractivity contribution in [1.29, 1.82) is 0 Å². The van der Waals surface area contributed by atoms with Crippen molar-refractivity contribution in [2.45, 2.75) is 13.3 Å². The van der Waals surface area contributed by atoms with E-state index < -0.39 is 0 Å². The van der Waals surface area contributed by atoms with E-state index in [9.17, 15) is 4.79 Å². The maximum Gasteiger partial charge on any atom is 0.202 e. The van der Waals surface area contributed by atoms with Gasteiger partial charge in [-0.05, 0) is 33.4 Å². The Labute approximate surface area is 123 Å². The average Bonchev–Trinajstić information content (AvgIpc) is 2.70. The van der Waals surface area contributed by atoms with Crippen LogP contribution in [0.4, 0.5) is 0 Å². The van der Waals surface area contributed by atoms with E-state index in [-0.39, 0.29) is 4.69 Å². The van der Waals surface area contributed by atoms with E-state index in [1.54, 1.807) is 22.1 Å². The first-order valence-electron chi connectivity index (χ1n) is 5.09. The normalized spacial score (nSPS) is 9.82. The van der Waals surface area contributed by atoms with E-state index in [0.717, 1.165) is 10.6 Å². The summed E-state index contributed by atoms with van der Waals surface area (Å²) < 4.78 is 1.28. The fraction of sp³-hybridized carbons (Fsp3) is 0.250. The van der Waals surface area contributed by atoms with Crippen molar-refractivity contribution in [2.24, 2.45) is 0 Å². The summed E-state index contributed by atoms with van der Waals surface area (Å²) in [4.78, 5) is 11.9. The minimum absolute atomic E-state index is 0.0408. The Balaban J connectivity index is 0.000000317. The topological polar surface area (TPSA) is 17.1 Å². The zero-order chi connectivity index (χ0) is 12.7. The van der Waals surface area contributed by atoms with Crippen LogP contribution in [0.2, 0.25) is 0 Å². The van der Waals surface area contributed by atoms with Gasteiger partial charge in [0.25, 0.3) is 0 Å². The Morgan fingerprint density at radius 1 is 1.47 bits per heavy atom. The molecule has 0 aliphatic rings. The van der Waals surface area contributed by atoms with Crippen molar-refractivity contribution in [2.75, 3.05) is 5.75 Å². The molecule has 92 valence electrons. The van der Waals surface area contributed by atoms with E-state index in [1.165, 1.54) is 10.1 Å². The number of thiophene rings is 1. The van der Waals surface area contributed by atoms with Crippen molar-refractivity contribution < 1.29 is 4.79 Å². The third kappa shape index (κ3) is 5.46. The minimum Gasteiger partial charge on any atom is -0.286 e. The Morgan fingerprint density at radius 3 is 2.65 bits per heavy atom. The molecule has 0 saturated carbocycles. The Hall–Kier alpha value is 0.0300. The molecule has 0 radical (unpaired) electrons. The second-order valence-electron chi connectivity index (χ2n) is 3.20. The predicted octanol–water partition coefficient (Wildman–Crippen LogP) is 4.95. The van der Waals surface area contributed by atoms with Gasteiger partial charge in [-0.2, -0.15) is 0 Å². The fourth-order valence-electron chi connectivity index (χ4n) is 1.26. The van der Waals surface area contributed by atoms with Gasteiger partial charge in [0.1, 0.15) is 0 Å². The largest absolute Gasteiger partial charge is 0.286 e. The van der Waals surface area contributed by atoms with Crippen LogP contribution in [0.25, 0.3) is 10.1 Å². The van der Waals surface area contributed by atoms with Gasteiger partial charge >= 0.3 is 0 Å². The zero-order valence-corrected chi connectivity index (χ0v) is 13.5. The second kappa shape index (κ2) is 8.19. The molecule has 0 spiro atoms. The lowest BCUT2D eigenvalue weighted by Crippen LogP contribution is -1.87. The van der Waals surface area contributed by atoms with Crippen molar-refractivity contribution in [1.82, 2.24) is 0 Å². The molecule has 0 bridgehead atoms. The van der Waals surface area contributed by atoms with Crippen LogP contribution in [0.3, 0.4) is 0 Å². The molecule has 0 aliphatic heterocycles. The highest BCUT2D eigenvalue weighted by Gasteiger charge is 2.03. The molecule has 1 aromatic heterocycles. The van der Waals surface area contributed by atoms with Gasteiger partial charge in [0.15, 0.2) is 0 Å². The van der Waals surface area contributed by atoms with Crippen molar-refractivity contribution in [3.05, 3.63) is 35.2 Å². The summed E-state index contributed by atoms with van der Waals surface area (Å²) in [5.41, 5.74) is 0. The summed E-state index contributed by atoms with van der Waals surface area (Å²) >= 11 is 8.45. The number of fused-ring (bicyclic) bond motifs is 1. The van der Waals surface area contributed by atoms with E-state index in [4.69, 9.17) is 0 Å². The molecule has 0 fully saturated rings. The Bertz CT molecular complexity index is 446. The molecule has 2 aromatic rings. The van der Waals surface area contributed by atoms with E-state index in [2.05, 4.69) is 52.7 Å². The molecule has 5 heteroatoms. The highest BCUT2D eigenvalue weighted by atomic mass is 79.9. The maximum atomic E-state index is 10.8. The number of carbonyl (C=O) groups excluding carboxylic acids is 1. The lowest BCUT2D eigenvalue weighted by molar-refractivity contribution is -0.109. The van der Waals surface area contributed by atoms with Gasteiger partial charge in [0.2, 0.25) is 4.69 Å². The number of hydrogen-bond acceptors (Lipinski definition) is 4. The summed E-state index contributed by atoms with van der Waals surface area (Å²) in [7, 11) is 1.55. The Morgan fingerprint density at radius 2 is 2.12 bits per heavy atom. The molecule has 0 aliphatic carbocycles. The fourth-order valence-corrected chi connectivity index (χ4v) is 2.81. The number of thiol groups is 1. The van der Waals surface area contributed by atoms with Crippen LogP contribution in [0.15, 0.2) is 30.3 Å². The smallest absolute Gasteiger partial charge is 0.202 e. The molecule has 1 nitrogen and oxygen atoms in total. The summed E-state index contributed by atoms with van der Waals surface area (Å²) in [6.07, 6.45) is 0.485. The lowest BCUT2D eigenvalue weighted by atomic mass is 10.2. The van der Waals surface area contributed by atoms with Crippen molar-refractivity contribution in [3.63, 3.8) is 0 Å². The van der Waals surface area contributed by atoms with Crippen molar-refractivity contribution in [3.8, 4) is 0 Å². The summed E-state index contributed by atoms with van der Waals surface area (Å²) in [6, 6.07) is 10.2. The summed E-state index contributed by atoms with van der Waals surface area (Å²) in [5, 5.41) is 1.22. The lowest BCUT2D eigenvalue weighted by Gasteiger charge is -1.85. The minimum atomic E-state index is 0.0408. The van der Waals surface area contributed by atoms with Crippen LogP contribution >= 0.6 is 49.7 Å². The number of benzene rings is 1. The van der Waals surface area contributed by atoms with E-state index >= 15 is 0 Å². The van der Waals surface area contributed by atoms with Crippen LogP contribution in [-0.4, -0.2) is 10.4 Å². The van der Waals surface area contributed by atoms with Crippen LogP contribution in [0.1, 0.15) is 11.8 Å². The van der Waals surface area contributed by atoms with E-state index in [1.807, 2.05) is 12.1 Å². The van der Waals surface area contributed by atoms with Gasteiger partial charge in [-0.25, -0.2) is 0 Å². The molecule has 0 saturated heterocycles. The molecule has 0 unspecified atom stereocenters. The molecule has 17 heavy (non-hydrogen) atoms. The second-order valence-corrected chi connectivity index (χ2v) is 6.86. The molecule has 0 atom stereocenters. The molecule has 1 heterocycles. The van der Waals surface area contributed by atoms with E-state index in [0.29, 0.717) is 6.42 Å². The van der Waals surface area contributed by atoms with Gasteiger partial charge < -0.3 is 0 Å². The quantitative estimate of drug-likeness (QED) is 0.480. The average molecular weight is 349 g/mol. The number of halogens is 1. The third-order valence-electron chi connectivity index (χ3n) is 1.92. The maximum absolute atomic E-state index is 10.8. The van der Waals surface area contributed by atoms with Gasteiger partial charge in [-0.15, -0.1) is 23.0 Å².